The van der Waals surface area contributed by atoms with Crippen LogP contribution in [0.15, 0.2) is 0 Å². The van der Waals surface area contributed by atoms with Gasteiger partial charge in [-0.2, -0.15) is 0 Å². The predicted molar refractivity (Wildman–Crippen MR) is 66.4 cm³/mol. The molecule has 1 heterocycles. The van der Waals surface area contributed by atoms with E-state index in [-0.39, 0.29) is 12.5 Å². The number of carbonyl (C=O) groups is 3. The third-order valence-corrected chi connectivity index (χ3v) is 2.97. The number of amides is 3. The average molecular weight is 255 g/mol. The molecule has 1 saturated heterocycles. The first-order chi connectivity index (χ1) is 8.36. The zero-order chi connectivity index (χ0) is 13.9. The van der Waals surface area contributed by atoms with Crippen molar-refractivity contribution < 1.29 is 14.4 Å². The summed E-state index contributed by atoms with van der Waals surface area (Å²) in [5.74, 6) is -0.897. The number of nitrogens with zero attached hydrogens (tertiary/aromatic N) is 1. The van der Waals surface area contributed by atoms with Crippen LogP contribution in [0.1, 0.15) is 33.6 Å². The molecule has 0 aromatic rings. The van der Waals surface area contributed by atoms with Gasteiger partial charge in [0.2, 0.25) is 17.7 Å². The number of rotatable bonds is 4. The Balaban J connectivity index is 2.80. The van der Waals surface area contributed by atoms with Crippen molar-refractivity contribution in [1.29, 1.82) is 0 Å². The van der Waals surface area contributed by atoms with Gasteiger partial charge in [0, 0.05) is 0 Å². The lowest BCUT2D eigenvalue weighted by atomic mass is 10.0. The predicted octanol–water partition coefficient (Wildman–Crippen LogP) is -0.377. The number of nitrogens with two attached hydrogens (primary N) is 1. The Morgan fingerprint density at radius 2 is 2.11 bits per heavy atom. The fraction of sp³-hybridized carbons (Fsp3) is 0.750. The smallest absolute Gasteiger partial charge is 0.249 e. The highest BCUT2D eigenvalue weighted by Crippen LogP contribution is 2.13. The fourth-order valence-electron chi connectivity index (χ4n) is 2.13. The molecule has 1 fully saturated rings. The van der Waals surface area contributed by atoms with E-state index in [2.05, 4.69) is 5.32 Å². The molecule has 0 aromatic heterocycles. The van der Waals surface area contributed by atoms with Gasteiger partial charge in [0.25, 0.3) is 0 Å². The molecule has 102 valence electrons. The van der Waals surface area contributed by atoms with E-state index >= 15 is 0 Å². The second-order valence-corrected chi connectivity index (χ2v) is 5.04. The minimum absolute atomic E-state index is 0.0884. The van der Waals surface area contributed by atoms with Crippen molar-refractivity contribution in [3.05, 3.63) is 0 Å². The standard InChI is InChI=1S/C12H21N3O3/c1-4-9-11(17)14-10(16)6-15(9)12(18)8(13)5-7(2)3/h7-9H,4-6,13H2,1-3H3,(H,14,16,17). The molecule has 6 heteroatoms. The molecule has 0 bridgehead atoms. The normalized spacial score (nSPS) is 22.1. The van der Waals surface area contributed by atoms with Crippen LogP contribution in [0.5, 0.6) is 0 Å². The monoisotopic (exact) mass is 255 g/mol. The maximum atomic E-state index is 12.2. The Kier molecular flexibility index (Phi) is 4.84. The highest BCUT2D eigenvalue weighted by Gasteiger charge is 2.37. The Hall–Kier alpha value is -1.43. The van der Waals surface area contributed by atoms with Gasteiger partial charge in [0.15, 0.2) is 0 Å². The van der Waals surface area contributed by atoms with Crippen molar-refractivity contribution >= 4 is 17.7 Å². The molecule has 3 amide bonds. The lowest BCUT2D eigenvalue weighted by Crippen LogP contribution is -2.62. The van der Waals surface area contributed by atoms with E-state index in [0.717, 1.165) is 0 Å². The van der Waals surface area contributed by atoms with Gasteiger partial charge in [-0.15, -0.1) is 0 Å². The highest BCUT2D eigenvalue weighted by molar-refractivity contribution is 6.04. The fourth-order valence-corrected chi connectivity index (χ4v) is 2.13. The summed E-state index contributed by atoms with van der Waals surface area (Å²) in [4.78, 5) is 36.4. The number of carbonyl (C=O) groups excluding carboxylic acids is 3. The molecule has 0 saturated carbocycles. The first-order valence-electron chi connectivity index (χ1n) is 6.26. The van der Waals surface area contributed by atoms with Crippen LogP contribution in [0.25, 0.3) is 0 Å². The molecule has 3 N–H and O–H groups in total. The molecule has 1 aliphatic rings. The van der Waals surface area contributed by atoms with E-state index in [1.54, 1.807) is 6.92 Å². The molecule has 1 rings (SSSR count). The van der Waals surface area contributed by atoms with E-state index in [9.17, 15) is 14.4 Å². The number of piperazine rings is 1. The maximum absolute atomic E-state index is 12.2. The van der Waals surface area contributed by atoms with E-state index < -0.39 is 23.9 Å². The molecule has 18 heavy (non-hydrogen) atoms. The zero-order valence-electron chi connectivity index (χ0n) is 11.1. The van der Waals surface area contributed by atoms with Gasteiger partial charge in [0.1, 0.15) is 12.6 Å². The van der Waals surface area contributed by atoms with Gasteiger partial charge in [0.05, 0.1) is 6.04 Å². The zero-order valence-corrected chi connectivity index (χ0v) is 11.1. The summed E-state index contributed by atoms with van der Waals surface area (Å²) in [6.45, 7) is 5.65. The second-order valence-electron chi connectivity index (χ2n) is 5.04. The van der Waals surface area contributed by atoms with Gasteiger partial charge in [-0.1, -0.05) is 20.8 Å². The highest BCUT2D eigenvalue weighted by atomic mass is 16.2. The van der Waals surface area contributed by atoms with Crippen molar-refractivity contribution in [1.82, 2.24) is 10.2 Å². The molecule has 1 aliphatic heterocycles. The molecule has 0 aromatic carbocycles. The summed E-state index contributed by atoms with van der Waals surface area (Å²) in [6.07, 6.45) is 1.01. The van der Waals surface area contributed by atoms with Crippen molar-refractivity contribution in [2.45, 2.75) is 45.7 Å². The second kappa shape index (κ2) is 5.95. The number of nitrogens with one attached hydrogen (secondary N) is 1. The maximum Gasteiger partial charge on any atom is 0.249 e. The van der Waals surface area contributed by atoms with E-state index in [4.69, 9.17) is 5.73 Å². The Labute approximate surface area is 107 Å². The topological polar surface area (TPSA) is 92.5 Å². The minimum Gasteiger partial charge on any atom is -0.320 e. The van der Waals surface area contributed by atoms with Crippen LogP contribution in [0.2, 0.25) is 0 Å². The molecular weight excluding hydrogens is 234 g/mol. The van der Waals surface area contributed by atoms with Crippen molar-refractivity contribution in [2.24, 2.45) is 11.7 Å². The van der Waals surface area contributed by atoms with E-state index in [1.165, 1.54) is 4.90 Å². The summed E-state index contributed by atoms with van der Waals surface area (Å²) in [5.41, 5.74) is 5.82. The third-order valence-electron chi connectivity index (χ3n) is 2.97. The van der Waals surface area contributed by atoms with Crippen LogP contribution in [0.4, 0.5) is 0 Å². The first-order valence-corrected chi connectivity index (χ1v) is 6.26. The van der Waals surface area contributed by atoms with Crippen molar-refractivity contribution in [3.63, 3.8) is 0 Å². The summed E-state index contributed by atoms with van der Waals surface area (Å²) in [5, 5.41) is 2.23. The van der Waals surface area contributed by atoms with Gasteiger partial charge in [-0.05, 0) is 18.8 Å². The van der Waals surface area contributed by atoms with Gasteiger partial charge in [-0.3, -0.25) is 19.7 Å². The number of imide groups is 1. The molecule has 2 atom stereocenters. The quantitative estimate of drug-likeness (QED) is 0.670. The average Bonchev–Trinajstić information content (AvgIpc) is 2.26. The van der Waals surface area contributed by atoms with Crippen LogP contribution in [-0.4, -0.2) is 41.2 Å². The molecule has 0 aliphatic carbocycles. The van der Waals surface area contributed by atoms with Gasteiger partial charge >= 0.3 is 0 Å². The van der Waals surface area contributed by atoms with E-state index in [1.807, 2.05) is 13.8 Å². The molecular formula is C12H21N3O3. The molecule has 0 radical (unpaired) electrons. The molecule has 0 spiro atoms. The summed E-state index contributed by atoms with van der Waals surface area (Å²) in [7, 11) is 0. The Morgan fingerprint density at radius 3 is 2.61 bits per heavy atom. The van der Waals surface area contributed by atoms with Crippen LogP contribution in [-0.2, 0) is 14.4 Å². The van der Waals surface area contributed by atoms with Crippen LogP contribution in [0, 0.1) is 5.92 Å². The molecule has 2 unspecified atom stereocenters. The van der Waals surface area contributed by atoms with Crippen molar-refractivity contribution in [3.8, 4) is 0 Å². The van der Waals surface area contributed by atoms with Gasteiger partial charge in [-0.25, -0.2) is 0 Å². The lowest BCUT2D eigenvalue weighted by molar-refractivity contribution is -0.151. The summed E-state index contributed by atoms with van der Waals surface area (Å²) >= 11 is 0. The van der Waals surface area contributed by atoms with Gasteiger partial charge < -0.3 is 10.6 Å². The summed E-state index contributed by atoms with van der Waals surface area (Å²) in [6, 6.07) is -1.24. The summed E-state index contributed by atoms with van der Waals surface area (Å²) < 4.78 is 0. The van der Waals surface area contributed by atoms with Crippen LogP contribution >= 0.6 is 0 Å². The molecule has 6 nitrogen and oxygen atoms in total. The van der Waals surface area contributed by atoms with Crippen LogP contribution in [0.3, 0.4) is 0 Å². The largest absolute Gasteiger partial charge is 0.320 e. The Morgan fingerprint density at radius 1 is 1.50 bits per heavy atom. The van der Waals surface area contributed by atoms with Crippen molar-refractivity contribution in [2.75, 3.05) is 6.54 Å². The minimum atomic E-state index is -0.655. The lowest BCUT2D eigenvalue weighted by Gasteiger charge is -2.35. The number of hydrogen-bond acceptors (Lipinski definition) is 4. The van der Waals surface area contributed by atoms with Crippen LogP contribution < -0.4 is 11.1 Å². The first kappa shape index (κ1) is 14.6. The Bertz CT molecular complexity index is 354. The number of hydrogen-bond donors (Lipinski definition) is 2. The third kappa shape index (κ3) is 3.29. The SMILES string of the molecule is CCC1C(=O)NC(=O)CN1C(=O)C(N)CC(C)C. The van der Waals surface area contributed by atoms with E-state index in [0.29, 0.717) is 18.8 Å².